The van der Waals surface area contributed by atoms with Crippen LogP contribution in [0.2, 0.25) is 0 Å². The van der Waals surface area contributed by atoms with Gasteiger partial charge in [0.15, 0.2) is 0 Å². The van der Waals surface area contributed by atoms with Gasteiger partial charge in [0.1, 0.15) is 0 Å². The highest BCUT2D eigenvalue weighted by Crippen LogP contribution is 2.58. The molecule has 3 nitrogen and oxygen atoms in total. The van der Waals surface area contributed by atoms with Gasteiger partial charge in [0.2, 0.25) is 0 Å². The van der Waals surface area contributed by atoms with E-state index >= 15 is 0 Å². The van der Waals surface area contributed by atoms with Crippen LogP contribution >= 0.6 is 0 Å². The van der Waals surface area contributed by atoms with Gasteiger partial charge in [-0.2, -0.15) is 0 Å². The monoisotopic (exact) mass is 1080 g/mol. The molecule has 400 valence electrons. The van der Waals surface area contributed by atoms with Gasteiger partial charge in [-0.05, 0) is 167 Å². The maximum atomic E-state index is 2.68. The highest BCUT2D eigenvalue weighted by Gasteiger charge is 2.49. The van der Waals surface area contributed by atoms with Crippen LogP contribution in [-0.2, 0) is 5.41 Å². The molecule has 0 saturated heterocycles. The zero-order valence-electron chi connectivity index (χ0n) is 47.4. The first-order valence-corrected chi connectivity index (χ1v) is 29.6. The molecule has 0 unspecified atom stereocenters. The van der Waals surface area contributed by atoms with Crippen molar-refractivity contribution < 1.29 is 0 Å². The van der Waals surface area contributed by atoms with Crippen LogP contribution in [0.25, 0.3) is 77.9 Å². The van der Waals surface area contributed by atoms with Gasteiger partial charge in [0.25, 0.3) is 0 Å². The summed E-state index contributed by atoms with van der Waals surface area (Å²) in [6.45, 7) is 4.60. The van der Waals surface area contributed by atoms with Gasteiger partial charge in [-0.25, -0.2) is 0 Å². The molecular weight excluding hydrogens is 1030 g/mol. The summed E-state index contributed by atoms with van der Waals surface area (Å²) in [5.41, 5.74) is 30.8. The molecule has 1 aliphatic carbocycles. The van der Waals surface area contributed by atoms with Crippen molar-refractivity contribution in [3.8, 4) is 77.9 Å². The normalized spacial score (nSPS) is 13.1. The summed E-state index contributed by atoms with van der Waals surface area (Å²) in [5, 5.41) is 0. The molecule has 85 heavy (non-hydrogen) atoms. The molecule has 2 heterocycles. The number of anilines is 8. The Labute approximate surface area is 498 Å². The molecule has 0 atom stereocenters. The average Bonchev–Trinajstić information content (AvgIpc) is 1.72. The van der Waals surface area contributed by atoms with Crippen molar-refractivity contribution in [1.82, 2.24) is 0 Å². The molecular formula is C81H58BN3. The van der Waals surface area contributed by atoms with Crippen LogP contribution in [0.4, 0.5) is 45.5 Å². The van der Waals surface area contributed by atoms with E-state index < -0.39 is 0 Å². The van der Waals surface area contributed by atoms with Gasteiger partial charge in [-0.3, -0.25) is 0 Å². The van der Waals surface area contributed by atoms with Crippen LogP contribution in [0.5, 0.6) is 0 Å². The summed E-state index contributed by atoms with van der Waals surface area (Å²) in [4.78, 5) is 7.73. The van der Waals surface area contributed by atoms with Crippen LogP contribution in [0.1, 0.15) is 25.0 Å². The Morgan fingerprint density at radius 2 is 0.729 bits per heavy atom. The first-order valence-electron chi connectivity index (χ1n) is 29.6. The first kappa shape index (κ1) is 50.1. The summed E-state index contributed by atoms with van der Waals surface area (Å²) < 4.78 is 0. The van der Waals surface area contributed by atoms with E-state index in [1.807, 2.05) is 0 Å². The fourth-order valence-electron chi connectivity index (χ4n) is 13.9. The summed E-state index contributed by atoms with van der Waals surface area (Å²) in [7, 11) is 0. The fourth-order valence-corrected chi connectivity index (χ4v) is 13.9. The SMILES string of the molecule is CC1(C)c2ccccc2-c2c1cc1c3c2-c2ccc(N(c4ccc(-c5ccccc5)cc4)c4ccc(-c5ccccc5)cc4)cc2N(c2cccc(-c4ccccc4)c2)B3c2ccc(-c3ccccc3)cc2N1c1cccc(-c2ccccc2)c1. The number of fused-ring (bicyclic) bond motifs is 8. The molecule has 0 N–H and O–H groups in total. The number of nitrogens with zero attached hydrogens (tertiary/aromatic N) is 3. The lowest BCUT2D eigenvalue weighted by atomic mass is 9.43. The quantitative estimate of drug-likeness (QED) is 0.126. The third-order valence-corrected chi connectivity index (χ3v) is 18.0. The summed E-state index contributed by atoms with van der Waals surface area (Å²) in [6.07, 6.45) is 0. The molecule has 0 fully saturated rings. The predicted molar refractivity (Wildman–Crippen MR) is 360 cm³/mol. The van der Waals surface area contributed by atoms with E-state index in [9.17, 15) is 0 Å². The Balaban J connectivity index is 0.997. The fraction of sp³-hybridized carbons (Fsp3) is 0.0370. The van der Waals surface area contributed by atoms with E-state index in [4.69, 9.17) is 0 Å². The van der Waals surface area contributed by atoms with Gasteiger partial charge in [-0.15, -0.1) is 0 Å². The zero-order chi connectivity index (χ0) is 56.6. The van der Waals surface area contributed by atoms with Crippen molar-refractivity contribution >= 4 is 63.3 Å². The van der Waals surface area contributed by atoms with Crippen molar-refractivity contribution in [2.45, 2.75) is 19.3 Å². The van der Waals surface area contributed by atoms with Crippen molar-refractivity contribution in [1.29, 1.82) is 0 Å². The summed E-state index contributed by atoms with van der Waals surface area (Å²) >= 11 is 0. The summed E-state index contributed by atoms with van der Waals surface area (Å²) in [6, 6.07) is 117. The number of benzene rings is 13. The molecule has 0 radical (unpaired) electrons. The summed E-state index contributed by atoms with van der Waals surface area (Å²) in [5.74, 6) is 0. The molecule has 0 saturated carbocycles. The van der Waals surface area contributed by atoms with Crippen molar-refractivity contribution in [2.75, 3.05) is 14.6 Å². The van der Waals surface area contributed by atoms with E-state index in [1.165, 1.54) is 106 Å². The third kappa shape index (κ3) is 8.43. The van der Waals surface area contributed by atoms with Gasteiger partial charge in [-0.1, -0.05) is 257 Å². The van der Waals surface area contributed by atoms with E-state index in [-0.39, 0.29) is 12.3 Å². The third-order valence-electron chi connectivity index (χ3n) is 18.0. The van der Waals surface area contributed by atoms with Crippen molar-refractivity contribution in [2.24, 2.45) is 0 Å². The predicted octanol–water partition coefficient (Wildman–Crippen LogP) is 20.5. The van der Waals surface area contributed by atoms with E-state index in [0.717, 1.165) is 39.8 Å². The zero-order valence-corrected chi connectivity index (χ0v) is 47.4. The minimum atomic E-state index is -0.299. The highest BCUT2D eigenvalue weighted by atomic mass is 15.2. The van der Waals surface area contributed by atoms with Gasteiger partial charge >= 0.3 is 6.85 Å². The minimum Gasteiger partial charge on any atom is -0.376 e. The second-order valence-corrected chi connectivity index (χ2v) is 23.2. The molecule has 13 aromatic rings. The van der Waals surface area contributed by atoms with Gasteiger partial charge in [0, 0.05) is 56.5 Å². The lowest BCUT2D eigenvalue weighted by Gasteiger charge is -2.47. The smallest absolute Gasteiger partial charge is 0.333 e. The molecule has 3 aliphatic rings. The van der Waals surface area contributed by atoms with Crippen LogP contribution in [0, 0.1) is 0 Å². The molecule has 0 bridgehead atoms. The van der Waals surface area contributed by atoms with Crippen LogP contribution in [-0.4, -0.2) is 6.85 Å². The topological polar surface area (TPSA) is 9.72 Å². The Kier molecular flexibility index (Phi) is 12.0. The maximum absolute atomic E-state index is 2.68. The van der Waals surface area contributed by atoms with E-state index in [2.05, 4.69) is 344 Å². The minimum absolute atomic E-state index is 0.253. The number of rotatable bonds is 10. The van der Waals surface area contributed by atoms with E-state index in [1.54, 1.807) is 0 Å². The van der Waals surface area contributed by atoms with Crippen LogP contribution in [0.3, 0.4) is 0 Å². The van der Waals surface area contributed by atoms with Crippen molar-refractivity contribution in [3.63, 3.8) is 0 Å². The molecule has 13 aromatic carbocycles. The molecule has 0 amide bonds. The second kappa shape index (κ2) is 20.3. The Bertz CT molecular complexity index is 4580. The largest absolute Gasteiger partial charge is 0.376 e. The van der Waals surface area contributed by atoms with Gasteiger partial charge < -0.3 is 14.6 Å². The lowest BCUT2D eigenvalue weighted by molar-refractivity contribution is 0.660. The lowest BCUT2D eigenvalue weighted by Crippen LogP contribution is -2.61. The molecule has 16 rings (SSSR count). The highest BCUT2D eigenvalue weighted by molar-refractivity contribution is 6.93. The average molecular weight is 1080 g/mol. The Morgan fingerprint density at radius 3 is 1.28 bits per heavy atom. The Morgan fingerprint density at radius 1 is 0.294 bits per heavy atom. The number of hydrogen-bond acceptors (Lipinski definition) is 3. The number of hydrogen-bond donors (Lipinski definition) is 0. The molecule has 0 aromatic heterocycles. The van der Waals surface area contributed by atoms with Crippen molar-refractivity contribution in [3.05, 3.63) is 327 Å². The second-order valence-electron chi connectivity index (χ2n) is 23.2. The van der Waals surface area contributed by atoms with Crippen LogP contribution in [0.15, 0.2) is 315 Å². The van der Waals surface area contributed by atoms with Gasteiger partial charge in [0.05, 0.1) is 0 Å². The Hall–Kier alpha value is -10.7. The molecule has 2 aliphatic heterocycles. The first-order chi connectivity index (χ1) is 41.9. The maximum Gasteiger partial charge on any atom is 0.333 e. The van der Waals surface area contributed by atoms with Crippen LogP contribution < -0.4 is 25.5 Å². The standard InChI is InChI=1S/C81H58BN3/c1-81(2)72-37-19-18-36-70(72)78-73(81)54-77-80-79(78)71-48-47-68(83(65-43-38-60(39-44-65)55-22-8-3-9-23-55)66-45-40-61(41-46-66)56-24-10-4-11-25-56)53-75(71)85(69-35-21-33-63(51-69)58-28-14-6-15-29-58)82(80)74-49-42-64(59-30-16-7-17-31-59)52-76(74)84(77)67-34-20-32-62(50-67)57-26-12-5-13-27-57/h3-54H,1-2H3. The molecule has 4 heteroatoms. The molecule has 0 spiro atoms. The van der Waals surface area contributed by atoms with E-state index in [0.29, 0.717) is 0 Å².